The van der Waals surface area contributed by atoms with Gasteiger partial charge in [-0.05, 0) is 76.0 Å². The highest BCUT2D eigenvalue weighted by molar-refractivity contribution is 5.20. The summed E-state index contributed by atoms with van der Waals surface area (Å²) in [5.41, 5.74) is 2.81. The number of hydrogen-bond donors (Lipinski definition) is 0. The third-order valence-corrected chi connectivity index (χ3v) is 8.78. The number of benzene rings is 3. The molecule has 3 aromatic rings. The summed E-state index contributed by atoms with van der Waals surface area (Å²) in [6.07, 6.45) is 5.25. The van der Waals surface area contributed by atoms with E-state index < -0.39 is 16.8 Å². The molecule has 6 rings (SSSR count). The predicted octanol–water partition coefficient (Wildman–Crippen LogP) is 6.53. The Morgan fingerprint density at radius 1 is 0.486 bits per heavy atom. The second-order valence-corrected chi connectivity index (χ2v) is 11.8. The van der Waals surface area contributed by atoms with Crippen molar-refractivity contribution in [2.75, 3.05) is 0 Å². The standard InChI is InChI=1S/C33H39NO3/c1-31(22-19-25-13-7-4-8-14-25)28-34-29(35-31)32(2,23-20-26-15-9-5-10-16-26)37-30(34)33(3,36-28)24-21-27-17-11-6-12-18-27/h4-18,28-30H,19-24H2,1-3H3/t28-,29-,30-,31+,32+,33+/m0/s1. The van der Waals surface area contributed by atoms with Crippen LogP contribution in [0.2, 0.25) is 0 Å². The Morgan fingerprint density at radius 2 is 0.757 bits per heavy atom. The average molecular weight is 498 g/mol. The molecule has 0 bridgehead atoms. The molecule has 3 aromatic carbocycles. The lowest BCUT2D eigenvalue weighted by molar-refractivity contribution is -0.135. The topological polar surface area (TPSA) is 30.9 Å². The van der Waals surface area contributed by atoms with Crippen molar-refractivity contribution in [1.82, 2.24) is 4.90 Å². The van der Waals surface area contributed by atoms with Crippen LogP contribution in [-0.2, 0) is 33.5 Å². The van der Waals surface area contributed by atoms with Gasteiger partial charge in [-0.2, -0.15) is 0 Å². The van der Waals surface area contributed by atoms with Crippen molar-refractivity contribution in [3.05, 3.63) is 108 Å². The molecule has 0 aliphatic carbocycles. The third kappa shape index (κ3) is 4.66. The van der Waals surface area contributed by atoms with Crippen LogP contribution in [0.4, 0.5) is 0 Å². The Labute approximate surface area is 221 Å². The first-order valence-electron chi connectivity index (χ1n) is 13.8. The van der Waals surface area contributed by atoms with E-state index in [9.17, 15) is 0 Å². The predicted molar refractivity (Wildman–Crippen MR) is 146 cm³/mol. The van der Waals surface area contributed by atoms with Crippen LogP contribution in [0.25, 0.3) is 0 Å². The van der Waals surface area contributed by atoms with Gasteiger partial charge in [0.15, 0.2) is 0 Å². The average Bonchev–Trinajstić information content (AvgIpc) is 3.50. The molecule has 4 nitrogen and oxygen atoms in total. The van der Waals surface area contributed by atoms with Crippen LogP contribution in [0.5, 0.6) is 0 Å². The van der Waals surface area contributed by atoms with Gasteiger partial charge in [-0.15, -0.1) is 0 Å². The summed E-state index contributed by atoms with van der Waals surface area (Å²) < 4.78 is 20.9. The molecule has 3 aliphatic rings. The van der Waals surface area contributed by atoms with E-state index in [2.05, 4.69) is 117 Å². The van der Waals surface area contributed by atoms with Crippen LogP contribution in [0.15, 0.2) is 91.0 Å². The summed E-state index contributed by atoms with van der Waals surface area (Å²) in [5, 5.41) is 0. The number of rotatable bonds is 9. The minimum atomic E-state index is -0.402. The minimum absolute atomic E-state index is 0.120. The molecule has 0 aromatic heterocycles. The highest BCUT2D eigenvalue weighted by Crippen LogP contribution is 2.57. The maximum atomic E-state index is 6.96. The van der Waals surface area contributed by atoms with Crippen LogP contribution < -0.4 is 0 Å². The summed E-state index contributed by atoms with van der Waals surface area (Å²) in [7, 11) is 0. The Morgan fingerprint density at radius 3 is 1.03 bits per heavy atom. The largest absolute Gasteiger partial charge is 0.350 e. The summed E-state index contributed by atoms with van der Waals surface area (Å²) >= 11 is 0. The first-order valence-corrected chi connectivity index (χ1v) is 13.8. The van der Waals surface area contributed by atoms with Crippen LogP contribution in [0.3, 0.4) is 0 Å². The maximum Gasteiger partial charge on any atom is 0.144 e. The number of ether oxygens (including phenoxy) is 3. The molecular formula is C33H39NO3. The zero-order valence-corrected chi connectivity index (χ0v) is 22.3. The number of hydrogen-bond acceptors (Lipinski definition) is 4. The fourth-order valence-corrected chi connectivity index (χ4v) is 6.47. The molecule has 3 heterocycles. The second kappa shape index (κ2) is 9.67. The molecule has 3 aliphatic heterocycles. The van der Waals surface area contributed by atoms with Gasteiger partial charge in [0.05, 0.1) is 0 Å². The van der Waals surface area contributed by atoms with Crippen molar-refractivity contribution in [2.24, 2.45) is 0 Å². The molecule has 4 heteroatoms. The Kier molecular flexibility index (Phi) is 6.48. The molecule has 194 valence electrons. The monoisotopic (exact) mass is 497 g/mol. The molecule has 3 saturated heterocycles. The van der Waals surface area contributed by atoms with Gasteiger partial charge in [0.2, 0.25) is 0 Å². The van der Waals surface area contributed by atoms with E-state index in [1.807, 2.05) is 0 Å². The first kappa shape index (κ1) is 24.8. The minimum Gasteiger partial charge on any atom is -0.350 e. The van der Waals surface area contributed by atoms with Crippen LogP contribution in [0.1, 0.15) is 56.7 Å². The van der Waals surface area contributed by atoms with Crippen LogP contribution >= 0.6 is 0 Å². The van der Waals surface area contributed by atoms with Crippen LogP contribution in [-0.4, -0.2) is 40.4 Å². The van der Waals surface area contributed by atoms with Gasteiger partial charge in [0.1, 0.15) is 35.5 Å². The van der Waals surface area contributed by atoms with Crippen molar-refractivity contribution < 1.29 is 14.2 Å². The molecule has 6 atom stereocenters. The van der Waals surface area contributed by atoms with Gasteiger partial charge in [-0.1, -0.05) is 91.0 Å². The normalized spacial score (nSPS) is 34.6. The van der Waals surface area contributed by atoms with E-state index in [0.717, 1.165) is 38.5 Å². The highest BCUT2D eigenvalue weighted by atomic mass is 16.7. The lowest BCUT2D eigenvalue weighted by atomic mass is 9.95. The zero-order chi connectivity index (χ0) is 25.5. The van der Waals surface area contributed by atoms with Gasteiger partial charge in [-0.25, -0.2) is 4.90 Å². The Hall–Kier alpha value is -2.50. The van der Waals surface area contributed by atoms with Gasteiger partial charge in [0, 0.05) is 0 Å². The quantitative estimate of drug-likeness (QED) is 0.336. The van der Waals surface area contributed by atoms with Gasteiger partial charge >= 0.3 is 0 Å². The van der Waals surface area contributed by atoms with Crippen molar-refractivity contribution in [1.29, 1.82) is 0 Å². The summed E-state index contributed by atoms with van der Waals surface area (Å²) in [6, 6.07) is 32.1. The zero-order valence-electron chi connectivity index (χ0n) is 22.3. The number of nitrogens with zero attached hydrogens (tertiary/aromatic N) is 1. The molecule has 0 unspecified atom stereocenters. The van der Waals surface area contributed by atoms with E-state index in [-0.39, 0.29) is 18.7 Å². The van der Waals surface area contributed by atoms with Gasteiger partial charge in [0.25, 0.3) is 0 Å². The molecule has 37 heavy (non-hydrogen) atoms. The first-order chi connectivity index (χ1) is 17.9. The number of aryl methyl sites for hydroxylation is 3. The van der Waals surface area contributed by atoms with E-state index >= 15 is 0 Å². The smallest absolute Gasteiger partial charge is 0.144 e. The van der Waals surface area contributed by atoms with Crippen molar-refractivity contribution in [3.8, 4) is 0 Å². The SMILES string of the molecule is C[C@]1(CCc2ccccc2)O[C@@H]2N3[C@H]1O[C@](C)(CCc1ccccc1)[C@@H]3O[C@]2(C)CCc1ccccc1. The molecular weight excluding hydrogens is 458 g/mol. The molecule has 0 amide bonds. The van der Waals surface area contributed by atoms with Crippen LogP contribution in [0, 0.1) is 0 Å². The molecule has 0 radical (unpaired) electrons. The highest BCUT2D eigenvalue weighted by Gasteiger charge is 2.72. The van der Waals surface area contributed by atoms with Crippen molar-refractivity contribution >= 4 is 0 Å². The van der Waals surface area contributed by atoms with E-state index in [0.29, 0.717) is 0 Å². The van der Waals surface area contributed by atoms with E-state index in [1.54, 1.807) is 0 Å². The van der Waals surface area contributed by atoms with Crippen molar-refractivity contribution in [2.45, 2.75) is 94.8 Å². The maximum absolute atomic E-state index is 6.96. The fourth-order valence-electron chi connectivity index (χ4n) is 6.47. The summed E-state index contributed by atoms with van der Waals surface area (Å²) in [5.74, 6) is 0. The second-order valence-electron chi connectivity index (χ2n) is 11.8. The van der Waals surface area contributed by atoms with E-state index in [4.69, 9.17) is 14.2 Å². The molecule has 3 fully saturated rings. The lowest BCUT2D eigenvalue weighted by Crippen LogP contribution is -2.42. The molecule has 0 spiro atoms. The fraction of sp³-hybridized carbons (Fsp3) is 0.455. The van der Waals surface area contributed by atoms with Gasteiger partial charge < -0.3 is 14.2 Å². The summed E-state index contributed by atoms with van der Waals surface area (Å²) in [4.78, 5) is 2.43. The lowest BCUT2D eigenvalue weighted by Gasteiger charge is -2.32. The molecule has 0 N–H and O–H groups in total. The Bertz CT molecular complexity index is 1040. The summed E-state index contributed by atoms with van der Waals surface area (Å²) in [6.45, 7) is 6.74. The van der Waals surface area contributed by atoms with Crippen molar-refractivity contribution in [3.63, 3.8) is 0 Å². The molecule has 0 saturated carbocycles. The Balaban J connectivity index is 1.26. The van der Waals surface area contributed by atoms with E-state index in [1.165, 1.54) is 16.7 Å². The third-order valence-electron chi connectivity index (χ3n) is 8.78. The van der Waals surface area contributed by atoms with Gasteiger partial charge in [-0.3, -0.25) is 0 Å².